The summed E-state index contributed by atoms with van der Waals surface area (Å²) in [5.74, 6) is -0.688. The normalized spacial score (nSPS) is 11.3. The summed E-state index contributed by atoms with van der Waals surface area (Å²) in [6.45, 7) is 3.98. The maximum atomic E-state index is 11.5. The van der Waals surface area contributed by atoms with Crippen molar-refractivity contribution in [1.82, 2.24) is 20.4 Å². The van der Waals surface area contributed by atoms with Crippen LogP contribution >= 0.6 is 0 Å². The first-order valence-electron chi connectivity index (χ1n) is 7.76. The van der Waals surface area contributed by atoms with Gasteiger partial charge in [0, 0.05) is 10.8 Å². The second-order valence-corrected chi connectivity index (χ2v) is 6.09. The third kappa shape index (κ3) is 2.20. The highest BCUT2D eigenvalue weighted by molar-refractivity contribution is 6.07. The van der Waals surface area contributed by atoms with Gasteiger partial charge in [0.15, 0.2) is 5.69 Å². The molecule has 0 aliphatic heterocycles. The number of nitrogens with zero attached hydrogens (tertiary/aromatic N) is 3. The Balaban J connectivity index is 2.06. The van der Waals surface area contributed by atoms with Gasteiger partial charge in [-0.2, -0.15) is 5.10 Å². The number of nitrogen functional groups attached to an aromatic ring is 1. The molecule has 4 aromatic rings. The number of hydrogen-bond donors (Lipinski definition) is 3. The molecular formula is C18H16N6O. The number of aromatic amines is 1. The molecule has 0 aliphatic carbocycles. The van der Waals surface area contributed by atoms with Crippen LogP contribution in [0.2, 0.25) is 0 Å². The molecule has 0 saturated carbocycles. The molecule has 25 heavy (non-hydrogen) atoms. The first kappa shape index (κ1) is 15.1. The Morgan fingerprint density at radius 1 is 1.16 bits per heavy atom. The summed E-state index contributed by atoms with van der Waals surface area (Å²) >= 11 is 0. The molecule has 0 spiro atoms. The van der Waals surface area contributed by atoms with Crippen LogP contribution in [-0.4, -0.2) is 26.3 Å². The number of benzene rings is 2. The van der Waals surface area contributed by atoms with Crippen molar-refractivity contribution in [1.29, 1.82) is 0 Å². The van der Waals surface area contributed by atoms with Gasteiger partial charge < -0.3 is 11.5 Å². The average Bonchev–Trinajstić information content (AvgIpc) is 3.02. The monoisotopic (exact) mass is 332 g/mol. The number of aryl methyl sites for hydroxylation is 2. The molecule has 0 saturated heterocycles. The van der Waals surface area contributed by atoms with Crippen molar-refractivity contribution in [2.45, 2.75) is 13.8 Å². The highest BCUT2D eigenvalue weighted by Gasteiger charge is 2.18. The summed E-state index contributed by atoms with van der Waals surface area (Å²) in [6.07, 6.45) is 1.78. The molecular weight excluding hydrogens is 316 g/mol. The summed E-state index contributed by atoms with van der Waals surface area (Å²) in [7, 11) is 0. The predicted molar refractivity (Wildman–Crippen MR) is 97.0 cm³/mol. The summed E-state index contributed by atoms with van der Waals surface area (Å²) in [6, 6.07) is 8.02. The summed E-state index contributed by atoms with van der Waals surface area (Å²) < 4.78 is 0. The van der Waals surface area contributed by atoms with Crippen molar-refractivity contribution in [3.05, 3.63) is 47.3 Å². The quantitative estimate of drug-likeness (QED) is 0.520. The number of amides is 1. The van der Waals surface area contributed by atoms with Gasteiger partial charge in [0.05, 0.1) is 22.9 Å². The van der Waals surface area contributed by atoms with Crippen molar-refractivity contribution in [3.63, 3.8) is 0 Å². The molecule has 0 bridgehead atoms. The van der Waals surface area contributed by atoms with E-state index in [1.165, 1.54) is 0 Å². The molecule has 0 atom stereocenters. The van der Waals surface area contributed by atoms with Crippen LogP contribution < -0.4 is 11.5 Å². The van der Waals surface area contributed by atoms with Crippen molar-refractivity contribution in [2.75, 3.05) is 5.73 Å². The predicted octanol–water partition coefficient (Wildman–Crippen LogP) is 2.47. The minimum absolute atomic E-state index is 0.00516. The molecule has 124 valence electrons. The minimum Gasteiger partial charge on any atom is -0.396 e. The second kappa shape index (κ2) is 5.27. The number of primary amides is 1. The van der Waals surface area contributed by atoms with Crippen LogP contribution in [0.1, 0.15) is 21.6 Å². The third-order valence-electron chi connectivity index (χ3n) is 4.50. The molecule has 0 aliphatic rings. The Morgan fingerprint density at radius 2 is 1.96 bits per heavy atom. The van der Waals surface area contributed by atoms with Crippen LogP contribution in [0.5, 0.6) is 0 Å². The van der Waals surface area contributed by atoms with Crippen LogP contribution in [0.15, 0.2) is 30.5 Å². The topological polar surface area (TPSA) is 124 Å². The van der Waals surface area contributed by atoms with Crippen molar-refractivity contribution in [3.8, 4) is 11.1 Å². The van der Waals surface area contributed by atoms with Gasteiger partial charge >= 0.3 is 0 Å². The van der Waals surface area contributed by atoms with Crippen LogP contribution in [0.3, 0.4) is 0 Å². The summed E-state index contributed by atoms with van der Waals surface area (Å²) in [4.78, 5) is 11.5. The Morgan fingerprint density at radius 3 is 2.72 bits per heavy atom. The first-order chi connectivity index (χ1) is 12.0. The van der Waals surface area contributed by atoms with Crippen LogP contribution in [0, 0.1) is 13.8 Å². The van der Waals surface area contributed by atoms with Crippen molar-refractivity contribution in [2.24, 2.45) is 5.73 Å². The lowest BCUT2D eigenvalue weighted by Gasteiger charge is -2.15. The Hall–Kier alpha value is -3.48. The molecule has 7 nitrogen and oxygen atoms in total. The van der Waals surface area contributed by atoms with Gasteiger partial charge in [0.2, 0.25) is 0 Å². The first-order valence-corrected chi connectivity index (χ1v) is 7.76. The number of H-pyrrole nitrogens is 1. The summed E-state index contributed by atoms with van der Waals surface area (Å²) in [5, 5.41) is 16.8. The minimum atomic E-state index is -0.688. The second-order valence-electron chi connectivity index (χ2n) is 6.09. The van der Waals surface area contributed by atoms with Crippen LogP contribution in [0.4, 0.5) is 5.69 Å². The Kier molecular flexibility index (Phi) is 3.18. The number of nitrogens with two attached hydrogens (primary N) is 2. The van der Waals surface area contributed by atoms with E-state index in [-0.39, 0.29) is 11.4 Å². The van der Waals surface area contributed by atoms with E-state index < -0.39 is 5.91 Å². The fourth-order valence-electron chi connectivity index (χ4n) is 3.38. The average molecular weight is 332 g/mol. The molecule has 2 heterocycles. The molecule has 0 fully saturated rings. The van der Waals surface area contributed by atoms with Gasteiger partial charge in [-0.1, -0.05) is 12.1 Å². The number of fused-ring (bicyclic) bond motifs is 2. The van der Waals surface area contributed by atoms with Gasteiger partial charge in [0.25, 0.3) is 5.91 Å². The molecule has 4 rings (SSSR count). The third-order valence-corrected chi connectivity index (χ3v) is 4.50. The van der Waals surface area contributed by atoms with Crippen molar-refractivity contribution < 1.29 is 4.79 Å². The number of hydrogen-bond acceptors (Lipinski definition) is 5. The Bertz CT molecular complexity index is 1160. The fraction of sp³-hybridized carbons (Fsp3) is 0.111. The lowest BCUT2D eigenvalue weighted by molar-refractivity contribution is 0.0996. The van der Waals surface area contributed by atoms with E-state index in [0.717, 1.165) is 33.2 Å². The fourth-order valence-corrected chi connectivity index (χ4v) is 3.38. The molecule has 1 amide bonds. The van der Waals surface area contributed by atoms with E-state index in [2.05, 4.69) is 20.4 Å². The molecule has 5 N–H and O–H groups in total. The van der Waals surface area contributed by atoms with E-state index in [1.807, 2.05) is 38.1 Å². The highest BCUT2D eigenvalue weighted by atomic mass is 16.1. The SMILES string of the molecule is Cc1cc2nnc(C(N)=O)c(N)c2c(C)c1-c1ccc2cn[nH]c2c1. The largest absolute Gasteiger partial charge is 0.396 e. The molecule has 2 aromatic carbocycles. The number of carbonyl (C=O) groups is 1. The van der Waals surface area contributed by atoms with Gasteiger partial charge in [0.1, 0.15) is 0 Å². The summed E-state index contributed by atoms with van der Waals surface area (Å²) in [5.41, 5.74) is 17.4. The maximum absolute atomic E-state index is 11.5. The molecule has 0 unspecified atom stereocenters. The molecule has 0 radical (unpaired) electrons. The number of anilines is 1. The van der Waals surface area contributed by atoms with Crippen molar-refractivity contribution >= 4 is 33.4 Å². The van der Waals surface area contributed by atoms with Crippen LogP contribution in [0.25, 0.3) is 32.9 Å². The van der Waals surface area contributed by atoms with Gasteiger partial charge in [-0.05, 0) is 48.2 Å². The van der Waals surface area contributed by atoms with E-state index in [1.54, 1.807) is 6.20 Å². The van der Waals surface area contributed by atoms with E-state index >= 15 is 0 Å². The zero-order chi connectivity index (χ0) is 17.7. The smallest absolute Gasteiger partial charge is 0.271 e. The zero-order valence-corrected chi connectivity index (χ0v) is 13.8. The number of aromatic nitrogens is 4. The molecule has 2 aromatic heterocycles. The number of carbonyl (C=O) groups excluding carboxylic acids is 1. The van der Waals surface area contributed by atoms with E-state index in [9.17, 15) is 4.79 Å². The lowest BCUT2D eigenvalue weighted by atomic mass is 9.91. The number of nitrogens with one attached hydrogen (secondary N) is 1. The standard InChI is InChI=1S/C18H16N6O/c1-8-5-13-15(16(19)17(18(20)25)24-23-13)9(2)14(8)10-3-4-11-7-21-22-12(11)6-10/h3-7H,1-2H3,(H2,19,23)(H2,20,25)(H,21,22). The lowest BCUT2D eigenvalue weighted by Crippen LogP contribution is -2.17. The van der Waals surface area contributed by atoms with E-state index in [4.69, 9.17) is 11.5 Å². The maximum Gasteiger partial charge on any atom is 0.271 e. The van der Waals surface area contributed by atoms with Gasteiger partial charge in [-0.15, -0.1) is 10.2 Å². The van der Waals surface area contributed by atoms with Crippen LogP contribution in [-0.2, 0) is 0 Å². The number of rotatable bonds is 2. The van der Waals surface area contributed by atoms with Gasteiger partial charge in [-0.3, -0.25) is 9.89 Å². The van der Waals surface area contributed by atoms with Gasteiger partial charge in [-0.25, -0.2) is 0 Å². The highest BCUT2D eigenvalue weighted by Crippen LogP contribution is 2.36. The zero-order valence-electron chi connectivity index (χ0n) is 13.8. The Labute approximate surface area is 143 Å². The van der Waals surface area contributed by atoms with E-state index in [0.29, 0.717) is 10.9 Å². The molecule has 7 heteroatoms.